The van der Waals surface area contributed by atoms with Crippen molar-refractivity contribution in [2.45, 2.75) is 44.2 Å². The maximum Gasteiger partial charge on any atom is 0.206 e. The molecule has 0 spiro atoms. The Balaban J connectivity index is 2.13. The van der Waals surface area contributed by atoms with Gasteiger partial charge in [-0.15, -0.1) is 10.2 Å². The van der Waals surface area contributed by atoms with E-state index < -0.39 is 0 Å². The van der Waals surface area contributed by atoms with Gasteiger partial charge in [-0.25, -0.2) is 0 Å². The Labute approximate surface area is 139 Å². The molecule has 1 aromatic carbocycles. The lowest BCUT2D eigenvalue weighted by Crippen LogP contribution is -2.15. The van der Waals surface area contributed by atoms with E-state index >= 15 is 0 Å². The van der Waals surface area contributed by atoms with Crippen LogP contribution in [0.2, 0.25) is 0 Å². The summed E-state index contributed by atoms with van der Waals surface area (Å²) in [6.07, 6.45) is 0. The largest absolute Gasteiger partial charge is 0.360 e. The summed E-state index contributed by atoms with van der Waals surface area (Å²) in [6, 6.07) is 4.07. The summed E-state index contributed by atoms with van der Waals surface area (Å²) in [5.74, 6) is 0.144. The number of benzene rings is 1. The Morgan fingerprint density at radius 2 is 1.91 bits per heavy atom. The Morgan fingerprint density at radius 3 is 2.59 bits per heavy atom. The number of carbonyl (C=O) groups is 1. The molecule has 1 aromatic heterocycles. The van der Waals surface area contributed by atoms with Gasteiger partial charge in [-0.2, -0.15) is 0 Å². The Kier molecular flexibility index (Phi) is 5.58. The topological polar surface area (TPSA) is 54.9 Å². The Hall–Kier alpha value is -1.40. The molecule has 0 aliphatic heterocycles. The lowest BCUT2D eigenvalue weighted by atomic mass is 9.97. The lowest BCUT2D eigenvalue weighted by molar-refractivity contribution is 0.0993. The molecule has 118 valence electrons. The number of carbonyl (C=O) groups excluding carboxylic acids is 1. The maximum absolute atomic E-state index is 12.7. The van der Waals surface area contributed by atoms with Gasteiger partial charge in [0.25, 0.3) is 0 Å². The van der Waals surface area contributed by atoms with Crippen LogP contribution in [0, 0.1) is 20.8 Å². The number of aromatic nitrogens is 2. The minimum Gasteiger partial charge on any atom is -0.360 e. The number of hydrogen-bond donors (Lipinski definition) is 1. The summed E-state index contributed by atoms with van der Waals surface area (Å²) in [4.78, 5) is 12.7. The number of aryl methyl sites for hydroxylation is 3. The lowest BCUT2D eigenvalue weighted by Gasteiger charge is -2.12. The van der Waals surface area contributed by atoms with Crippen LogP contribution in [0.15, 0.2) is 16.5 Å². The highest BCUT2D eigenvalue weighted by atomic mass is 32.2. The summed E-state index contributed by atoms with van der Waals surface area (Å²) >= 11 is 2.95. The highest BCUT2D eigenvalue weighted by Gasteiger charge is 2.20. The van der Waals surface area contributed by atoms with Crippen molar-refractivity contribution >= 4 is 34.0 Å². The van der Waals surface area contributed by atoms with Gasteiger partial charge in [0.05, 0.1) is 5.25 Å². The van der Waals surface area contributed by atoms with Gasteiger partial charge in [-0.1, -0.05) is 29.2 Å². The molecule has 1 heterocycles. The van der Waals surface area contributed by atoms with E-state index in [4.69, 9.17) is 0 Å². The molecular weight excluding hydrogens is 314 g/mol. The zero-order valence-corrected chi connectivity index (χ0v) is 15.2. The minimum absolute atomic E-state index is 0.144. The normalized spacial score (nSPS) is 12.2. The molecule has 4 nitrogen and oxygen atoms in total. The standard InChI is InChI=1S/C16H21N3OS2/c1-6-17-15-18-19-16(22-15)21-12(5)14(20)13-8-10(3)9(2)7-11(13)4/h7-8,12H,6H2,1-5H3,(H,17,18)/t12-/m0/s1. The number of anilines is 1. The maximum atomic E-state index is 12.7. The number of rotatable bonds is 6. The summed E-state index contributed by atoms with van der Waals surface area (Å²) in [6.45, 7) is 10.9. The van der Waals surface area contributed by atoms with Crippen LogP contribution >= 0.6 is 23.1 Å². The van der Waals surface area contributed by atoms with Crippen molar-refractivity contribution in [1.82, 2.24) is 10.2 Å². The molecule has 0 radical (unpaired) electrons. The van der Waals surface area contributed by atoms with Crippen LogP contribution in [0.4, 0.5) is 5.13 Å². The fourth-order valence-corrected chi connectivity index (χ4v) is 4.16. The van der Waals surface area contributed by atoms with Gasteiger partial charge in [-0.3, -0.25) is 4.79 Å². The first kappa shape index (κ1) is 17.0. The Bertz CT molecular complexity index is 682. The Morgan fingerprint density at radius 1 is 1.23 bits per heavy atom. The fraction of sp³-hybridized carbons (Fsp3) is 0.438. The zero-order valence-electron chi connectivity index (χ0n) is 13.6. The second-order valence-corrected chi connectivity index (χ2v) is 7.84. The third kappa shape index (κ3) is 3.87. The number of nitrogens with one attached hydrogen (secondary N) is 1. The van der Waals surface area contributed by atoms with Crippen molar-refractivity contribution in [2.75, 3.05) is 11.9 Å². The van der Waals surface area contributed by atoms with Gasteiger partial charge in [0, 0.05) is 12.1 Å². The second kappa shape index (κ2) is 7.24. The molecule has 22 heavy (non-hydrogen) atoms. The van der Waals surface area contributed by atoms with Gasteiger partial charge >= 0.3 is 0 Å². The van der Waals surface area contributed by atoms with Crippen molar-refractivity contribution in [3.63, 3.8) is 0 Å². The summed E-state index contributed by atoms with van der Waals surface area (Å²) in [7, 11) is 0. The van der Waals surface area contributed by atoms with E-state index in [0.29, 0.717) is 0 Å². The molecular formula is C16H21N3OS2. The summed E-state index contributed by atoms with van der Waals surface area (Å²) < 4.78 is 0.818. The number of nitrogens with zero attached hydrogens (tertiary/aromatic N) is 2. The summed E-state index contributed by atoms with van der Waals surface area (Å²) in [5.41, 5.74) is 4.20. The van der Waals surface area contributed by atoms with E-state index in [2.05, 4.69) is 28.5 Å². The highest BCUT2D eigenvalue weighted by Crippen LogP contribution is 2.31. The monoisotopic (exact) mass is 335 g/mol. The van der Waals surface area contributed by atoms with Crippen LogP contribution in [-0.2, 0) is 0 Å². The quantitative estimate of drug-likeness (QED) is 0.631. The third-order valence-corrected chi connectivity index (χ3v) is 5.55. The van der Waals surface area contributed by atoms with Gasteiger partial charge in [0.1, 0.15) is 0 Å². The van der Waals surface area contributed by atoms with Crippen LogP contribution in [0.25, 0.3) is 0 Å². The fourth-order valence-electron chi connectivity index (χ4n) is 2.13. The molecule has 0 fully saturated rings. The second-order valence-electron chi connectivity index (χ2n) is 5.28. The van der Waals surface area contributed by atoms with Crippen molar-refractivity contribution in [3.8, 4) is 0 Å². The molecule has 1 atom stereocenters. The van der Waals surface area contributed by atoms with Gasteiger partial charge in [0.15, 0.2) is 10.1 Å². The predicted molar refractivity (Wildman–Crippen MR) is 94.4 cm³/mol. The van der Waals surface area contributed by atoms with Crippen molar-refractivity contribution in [1.29, 1.82) is 0 Å². The van der Waals surface area contributed by atoms with E-state index in [1.165, 1.54) is 28.7 Å². The molecule has 1 N–H and O–H groups in total. The first-order chi connectivity index (χ1) is 10.4. The average Bonchev–Trinajstić information content (AvgIpc) is 2.89. The van der Waals surface area contributed by atoms with Crippen LogP contribution < -0.4 is 5.32 Å². The van der Waals surface area contributed by atoms with Crippen molar-refractivity contribution < 1.29 is 4.79 Å². The first-order valence-electron chi connectivity index (χ1n) is 7.28. The molecule has 6 heteroatoms. The average molecular weight is 335 g/mol. The molecule has 0 unspecified atom stereocenters. The van der Waals surface area contributed by atoms with E-state index in [-0.39, 0.29) is 11.0 Å². The first-order valence-corrected chi connectivity index (χ1v) is 8.98. The summed E-state index contributed by atoms with van der Waals surface area (Å²) in [5, 5.41) is 11.9. The highest BCUT2D eigenvalue weighted by molar-refractivity contribution is 8.02. The van der Waals surface area contributed by atoms with Gasteiger partial charge < -0.3 is 5.32 Å². The van der Waals surface area contributed by atoms with Crippen LogP contribution in [0.1, 0.15) is 40.9 Å². The molecule has 0 saturated carbocycles. The molecule has 2 rings (SSSR count). The van der Waals surface area contributed by atoms with E-state index in [9.17, 15) is 4.79 Å². The molecule has 0 aliphatic rings. The van der Waals surface area contributed by atoms with Gasteiger partial charge in [0.2, 0.25) is 5.13 Å². The molecule has 2 aromatic rings. The SMILES string of the molecule is CCNc1nnc(S[C@@H](C)C(=O)c2cc(C)c(C)cc2C)s1. The van der Waals surface area contributed by atoms with Crippen molar-refractivity contribution in [2.24, 2.45) is 0 Å². The number of thioether (sulfide) groups is 1. The predicted octanol–water partition coefficient (Wildman–Crippen LogP) is 4.26. The van der Waals surface area contributed by atoms with Crippen LogP contribution in [0.3, 0.4) is 0 Å². The molecule has 0 amide bonds. The smallest absolute Gasteiger partial charge is 0.206 e. The zero-order chi connectivity index (χ0) is 16.3. The number of Topliss-reactive ketones (excluding diaryl/α,β-unsaturated/α-hetero) is 1. The van der Waals surface area contributed by atoms with E-state index in [1.807, 2.05) is 33.8 Å². The van der Waals surface area contributed by atoms with Gasteiger partial charge in [-0.05, 0) is 57.4 Å². The third-order valence-electron chi connectivity index (χ3n) is 3.49. The minimum atomic E-state index is -0.178. The van der Waals surface area contributed by atoms with E-state index in [0.717, 1.165) is 32.7 Å². The van der Waals surface area contributed by atoms with Crippen molar-refractivity contribution in [3.05, 3.63) is 34.4 Å². The molecule has 0 aliphatic carbocycles. The van der Waals surface area contributed by atoms with E-state index in [1.54, 1.807) is 0 Å². The van der Waals surface area contributed by atoms with Crippen LogP contribution in [0.5, 0.6) is 0 Å². The number of ketones is 1. The molecule has 0 saturated heterocycles. The molecule has 0 bridgehead atoms. The number of hydrogen-bond acceptors (Lipinski definition) is 6. The van der Waals surface area contributed by atoms with Crippen LogP contribution in [-0.4, -0.2) is 27.8 Å².